The van der Waals surface area contributed by atoms with Gasteiger partial charge in [0.05, 0.1) is 21.6 Å². The van der Waals surface area contributed by atoms with Crippen LogP contribution in [0.15, 0.2) is 67.3 Å². The summed E-state index contributed by atoms with van der Waals surface area (Å²) >= 11 is 8.05. The van der Waals surface area contributed by atoms with Crippen molar-refractivity contribution in [3.05, 3.63) is 77.8 Å². The van der Waals surface area contributed by atoms with E-state index < -0.39 is 0 Å². The molecule has 4 rings (SSSR count). The quantitative estimate of drug-likeness (QED) is 0.513. The number of imidazole rings is 1. The fourth-order valence-electron chi connectivity index (χ4n) is 2.34. The van der Waals surface area contributed by atoms with Gasteiger partial charge < -0.3 is 4.57 Å². The first-order valence-corrected chi connectivity index (χ1v) is 8.30. The Morgan fingerprint density at radius 3 is 2.65 bits per heavy atom. The van der Waals surface area contributed by atoms with Crippen LogP contribution in [0.2, 0.25) is 0 Å². The molecule has 0 bridgehead atoms. The van der Waals surface area contributed by atoms with E-state index in [0.29, 0.717) is 5.03 Å². The predicted molar refractivity (Wildman–Crippen MR) is 96.9 cm³/mol. The van der Waals surface area contributed by atoms with E-state index in [1.54, 1.807) is 23.9 Å². The van der Waals surface area contributed by atoms with E-state index in [0.717, 1.165) is 26.5 Å². The third-order valence-corrected chi connectivity index (χ3v) is 4.96. The van der Waals surface area contributed by atoms with Gasteiger partial charge in [-0.25, -0.2) is 9.97 Å². The summed E-state index contributed by atoms with van der Waals surface area (Å²) in [6, 6.07) is 16.2. The Balaban J connectivity index is 1.63. The minimum Gasteiger partial charge on any atom is -0.306 e. The first-order chi connectivity index (χ1) is 11.3. The molecule has 0 aliphatic rings. The van der Waals surface area contributed by atoms with E-state index in [1.807, 2.05) is 59.3 Å². The summed E-state index contributed by atoms with van der Waals surface area (Å²) in [7, 11) is 0. The van der Waals surface area contributed by atoms with Crippen LogP contribution in [0.3, 0.4) is 0 Å². The SMILES string of the molecule is Cl/C(=C/c1ccc(-n2ccnc2)cc1)c1nc2ccccc2s1. The van der Waals surface area contributed by atoms with Crippen molar-refractivity contribution in [3.8, 4) is 5.69 Å². The highest BCUT2D eigenvalue weighted by molar-refractivity contribution is 7.20. The third kappa shape index (κ3) is 2.91. The average molecular weight is 338 g/mol. The second kappa shape index (κ2) is 5.99. The minimum atomic E-state index is 0.654. The predicted octanol–water partition coefficient (Wildman–Crippen LogP) is 5.22. The van der Waals surface area contributed by atoms with Gasteiger partial charge in [0.15, 0.2) is 0 Å². The molecule has 0 atom stereocenters. The lowest BCUT2D eigenvalue weighted by molar-refractivity contribution is 1.06. The summed E-state index contributed by atoms with van der Waals surface area (Å²) in [6.45, 7) is 0. The molecule has 0 unspecified atom stereocenters. The molecular formula is C18H12ClN3S. The third-order valence-electron chi connectivity index (χ3n) is 3.49. The van der Waals surface area contributed by atoms with Gasteiger partial charge in [-0.2, -0.15) is 0 Å². The van der Waals surface area contributed by atoms with Gasteiger partial charge in [-0.1, -0.05) is 35.9 Å². The van der Waals surface area contributed by atoms with E-state index >= 15 is 0 Å². The number of fused-ring (bicyclic) bond motifs is 1. The summed E-state index contributed by atoms with van der Waals surface area (Å²) in [5.74, 6) is 0. The van der Waals surface area contributed by atoms with E-state index in [9.17, 15) is 0 Å². The zero-order valence-electron chi connectivity index (χ0n) is 12.1. The summed E-state index contributed by atoms with van der Waals surface area (Å²) in [5, 5.41) is 1.49. The van der Waals surface area contributed by atoms with Crippen molar-refractivity contribution in [1.29, 1.82) is 0 Å². The number of hydrogen-bond donors (Lipinski definition) is 0. The van der Waals surface area contributed by atoms with Crippen LogP contribution < -0.4 is 0 Å². The highest BCUT2D eigenvalue weighted by atomic mass is 35.5. The smallest absolute Gasteiger partial charge is 0.136 e. The molecule has 0 spiro atoms. The molecule has 0 saturated carbocycles. The minimum absolute atomic E-state index is 0.654. The Hall–Kier alpha value is -2.43. The summed E-state index contributed by atoms with van der Waals surface area (Å²) in [6.07, 6.45) is 7.40. The molecule has 112 valence electrons. The van der Waals surface area contributed by atoms with Crippen LogP contribution in [0.25, 0.3) is 27.0 Å². The number of halogens is 1. The first kappa shape index (κ1) is 14.2. The highest BCUT2D eigenvalue weighted by Gasteiger charge is 2.06. The van der Waals surface area contributed by atoms with Crippen LogP contribution >= 0.6 is 22.9 Å². The second-order valence-corrected chi connectivity index (χ2v) is 6.48. The fourth-order valence-corrected chi connectivity index (χ4v) is 3.49. The molecule has 2 aromatic heterocycles. The van der Waals surface area contributed by atoms with Gasteiger partial charge in [0.2, 0.25) is 0 Å². The van der Waals surface area contributed by atoms with Gasteiger partial charge in [0.25, 0.3) is 0 Å². The number of benzene rings is 2. The van der Waals surface area contributed by atoms with E-state index in [2.05, 4.69) is 16.0 Å². The zero-order chi connectivity index (χ0) is 15.6. The number of para-hydroxylation sites is 1. The van der Waals surface area contributed by atoms with E-state index in [1.165, 1.54) is 0 Å². The summed E-state index contributed by atoms with van der Waals surface area (Å²) in [5.41, 5.74) is 3.09. The maximum absolute atomic E-state index is 6.45. The average Bonchev–Trinajstić information content (AvgIpc) is 3.25. The van der Waals surface area contributed by atoms with Crippen LogP contribution in [0, 0.1) is 0 Å². The lowest BCUT2D eigenvalue weighted by Crippen LogP contribution is -1.89. The molecule has 4 aromatic rings. The van der Waals surface area contributed by atoms with Gasteiger partial charge in [0.1, 0.15) is 5.01 Å². The topological polar surface area (TPSA) is 30.7 Å². The first-order valence-electron chi connectivity index (χ1n) is 7.11. The summed E-state index contributed by atoms with van der Waals surface area (Å²) < 4.78 is 3.10. The van der Waals surface area contributed by atoms with Gasteiger partial charge in [-0.3, -0.25) is 0 Å². The Bertz CT molecular complexity index is 936. The number of thiazole rings is 1. The van der Waals surface area contributed by atoms with Crippen molar-refractivity contribution in [1.82, 2.24) is 14.5 Å². The molecule has 3 nitrogen and oxygen atoms in total. The van der Waals surface area contributed by atoms with Crippen molar-refractivity contribution in [2.75, 3.05) is 0 Å². The van der Waals surface area contributed by atoms with Gasteiger partial charge >= 0.3 is 0 Å². The van der Waals surface area contributed by atoms with Crippen LogP contribution in [-0.4, -0.2) is 14.5 Å². The van der Waals surface area contributed by atoms with Crippen LogP contribution in [-0.2, 0) is 0 Å². The molecule has 0 saturated heterocycles. The van der Waals surface area contributed by atoms with Crippen molar-refractivity contribution >= 4 is 44.3 Å². The second-order valence-electron chi connectivity index (χ2n) is 5.04. The molecule has 5 heteroatoms. The molecule has 0 fully saturated rings. The number of hydrogen-bond acceptors (Lipinski definition) is 3. The molecule has 0 aliphatic heterocycles. The Morgan fingerprint density at radius 1 is 1.09 bits per heavy atom. The Kier molecular flexibility index (Phi) is 3.69. The van der Waals surface area contributed by atoms with Crippen LogP contribution in [0.5, 0.6) is 0 Å². The van der Waals surface area contributed by atoms with Crippen molar-refractivity contribution < 1.29 is 0 Å². The summed E-state index contributed by atoms with van der Waals surface area (Å²) in [4.78, 5) is 8.63. The maximum atomic E-state index is 6.45. The number of aromatic nitrogens is 3. The van der Waals surface area contributed by atoms with Crippen molar-refractivity contribution in [2.45, 2.75) is 0 Å². The molecule has 0 amide bonds. The Morgan fingerprint density at radius 2 is 1.91 bits per heavy atom. The molecule has 0 radical (unpaired) electrons. The van der Waals surface area contributed by atoms with E-state index in [4.69, 9.17) is 11.6 Å². The zero-order valence-corrected chi connectivity index (χ0v) is 13.6. The lowest BCUT2D eigenvalue weighted by atomic mass is 10.2. The number of rotatable bonds is 3. The molecule has 0 N–H and O–H groups in total. The van der Waals surface area contributed by atoms with Gasteiger partial charge in [-0.05, 0) is 35.9 Å². The fraction of sp³-hybridized carbons (Fsp3) is 0. The standard InChI is InChI=1S/C18H12ClN3S/c19-15(18-21-16-3-1-2-4-17(16)23-18)11-13-5-7-14(8-6-13)22-10-9-20-12-22/h1-12H/b15-11+. The molecular weight excluding hydrogens is 326 g/mol. The molecule has 0 aliphatic carbocycles. The van der Waals surface area contributed by atoms with Crippen molar-refractivity contribution in [2.24, 2.45) is 0 Å². The monoisotopic (exact) mass is 337 g/mol. The molecule has 2 aromatic carbocycles. The highest BCUT2D eigenvalue weighted by Crippen LogP contribution is 2.30. The largest absolute Gasteiger partial charge is 0.306 e. The van der Waals surface area contributed by atoms with Crippen molar-refractivity contribution in [3.63, 3.8) is 0 Å². The molecule has 2 heterocycles. The van der Waals surface area contributed by atoms with Gasteiger partial charge in [0, 0.05) is 18.1 Å². The lowest BCUT2D eigenvalue weighted by Gasteiger charge is -2.02. The normalized spacial score (nSPS) is 12.0. The molecule has 23 heavy (non-hydrogen) atoms. The van der Waals surface area contributed by atoms with Gasteiger partial charge in [-0.15, -0.1) is 11.3 Å². The maximum Gasteiger partial charge on any atom is 0.136 e. The number of nitrogens with zero attached hydrogens (tertiary/aromatic N) is 3. The van der Waals surface area contributed by atoms with E-state index in [-0.39, 0.29) is 0 Å². The van der Waals surface area contributed by atoms with Crippen LogP contribution in [0.4, 0.5) is 0 Å². The van der Waals surface area contributed by atoms with Crippen LogP contribution in [0.1, 0.15) is 10.6 Å². The Labute approximate surface area is 142 Å².